The molecule has 1 aliphatic carbocycles. The van der Waals surface area contributed by atoms with Crippen molar-refractivity contribution in [2.45, 2.75) is 142 Å². The Morgan fingerprint density at radius 3 is 1.09 bits per heavy atom. The molecule has 0 aromatic heterocycles. The predicted octanol–water partition coefficient (Wildman–Crippen LogP) is 8.23. The molecule has 1 aliphatic rings. The summed E-state index contributed by atoms with van der Waals surface area (Å²) in [7, 11) is 0. The largest absolute Gasteiger partial charge is 0.462 e. The van der Waals surface area contributed by atoms with Gasteiger partial charge < -0.3 is 19.7 Å². The Bertz CT molecular complexity index is 962. The van der Waals surface area contributed by atoms with Gasteiger partial charge in [-0.3, -0.25) is 9.59 Å². The van der Waals surface area contributed by atoms with Gasteiger partial charge in [0.05, 0.1) is 10.8 Å². The summed E-state index contributed by atoms with van der Waals surface area (Å²) in [5.41, 5.74) is -13.7. The van der Waals surface area contributed by atoms with Crippen LogP contribution in [0.25, 0.3) is 0 Å². The van der Waals surface area contributed by atoms with E-state index < -0.39 is 84.5 Å². The Labute approximate surface area is 259 Å². The first-order valence-corrected chi connectivity index (χ1v) is 14.1. The van der Waals surface area contributed by atoms with E-state index in [4.69, 9.17) is 9.47 Å². The maximum Gasteiger partial charge on any atom is 0.426 e. The van der Waals surface area contributed by atoms with Crippen LogP contribution >= 0.6 is 0 Å². The lowest BCUT2D eigenvalue weighted by atomic mass is 9.65. The molecule has 2 atom stereocenters. The summed E-state index contributed by atoms with van der Waals surface area (Å²) in [4.78, 5) is 23.7. The third kappa shape index (κ3) is 9.78. The predicted molar refractivity (Wildman–Crippen MR) is 139 cm³/mol. The summed E-state index contributed by atoms with van der Waals surface area (Å²) in [5, 5.41) is 19.2. The average Bonchev–Trinajstić information content (AvgIpc) is 2.83. The normalized spacial score (nSPS) is 21.2. The average molecular weight is 703 g/mol. The summed E-state index contributed by atoms with van der Waals surface area (Å²) in [6.07, 6.45) is -33.2. The van der Waals surface area contributed by atoms with Gasteiger partial charge in [0.1, 0.15) is 11.7 Å². The van der Waals surface area contributed by atoms with E-state index in [-0.39, 0.29) is 23.4 Å². The van der Waals surface area contributed by atoms with Gasteiger partial charge in [0.2, 0.25) is 0 Å². The van der Waals surface area contributed by atoms with Crippen LogP contribution in [0.5, 0.6) is 0 Å². The maximum absolute atomic E-state index is 13.3. The van der Waals surface area contributed by atoms with Crippen molar-refractivity contribution in [2.24, 2.45) is 22.7 Å². The summed E-state index contributed by atoms with van der Waals surface area (Å²) in [6, 6.07) is 0. The van der Waals surface area contributed by atoms with Crippen molar-refractivity contribution in [3.8, 4) is 0 Å². The minimum atomic E-state index is -6.58. The standard InChI is InChI=1S/C18H22F12O4.C10H20O2/c1-4-12(2,3)11(31)34-10-6-8(13(32,15(19,20)21)16(22,23)24)5-9(7-10)14(33,17(25,26)27)18(28,29)30;1-7-10(5,6)8(11)12-9(2,3)4/h8-10,32-33H,4-7H2,1-3H3;7H2,1-6H3. The number of hydrogen-bond acceptors (Lipinski definition) is 6. The van der Waals surface area contributed by atoms with Crippen LogP contribution in [0.1, 0.15) is 94.4 Å². The second-order valence-electron chi connectivity index (χ2n) is 13.6. The lowest BCUT2D eigenvalue weighted by molar-refractivity contribution is -0.405. The molecule has 0 aromatic carbocycles. The van der Waals surface area contributed by atoms with Crippen LogP contribution < -0.4 is 0 Å². The second-order valence-corrected chi connectivity index (χ2v) is 13.6. The number of aliphatic hydroxyl groups is 2. The molecule has 1 rings (SSSR count). The Morgan fingerprint density at radius 2 is 0.848 bits per heavy atom. The van der Waals surface area contributed by atoms with E-state index in [1.807, 2.05) is 41.5 Å². The molecule has 46 heavy (non-hydrogen) atoms. The molecule has 0 saturated heterocycles. The molecule has 0 aromatic rings. The van der Waals surface area contributed by atoms with Crippen molar-refractivity contribution in [1.82, 2.24) is 0 Å². The van der Waals surface area contributed by atoms with Gasteiger partial charge in [0, 0.05) is 11.8 Å². The molecule has 0 bridgehead atoms. The molecule has 18 heteroatoms. The monoisotopic (exact) mass is 702 g/mol. The highest BCUT2D eigenvalue weighted by molar-refractivity contribution is 5.76. The van der Waals surface area contributed by atoms with E-state index >= 15 is 0 Å². The molecule has 0 aliphatic heterocycles. The van der Waals surface area contributed by atoms with E-state index in [2.05, 4.69) is 0 Å². The molecule has 274 valence electrons. The molecule has 6 nitrogen and oxygen atoms in total. The molecule has 0 amide bonds. The van der Waals surface area contributed by atoms with Crippen LogP contribution in [0.2, 0.25) is 0 Å². The van der Waals surface area contributed by atoms with Crippen molar-refractivity contribution in [2.75, 3.05) is 0 Å². The minimum absolute atomic E-state index is 0.0184. The second kappa shape index (κ2) is 13.9. The number of carbonyl (C=O) groups excluding carboxylic acids is 2. The Kier molecular flexibility index (Phi) is 13.3. The van der Waals surface area contributed by atoms with Crippen molar-refractivity contribution in [3.63, 3.8) is 0 Å². The molecule has 0 heterocycles. The number of carbonyl (C=O) groups is 2. The van der Waals surface area contributed by atoms with Gasteiger partial charge in [-0.15, -0.1) is 0 Å². The summed E-state index contributed by atoms with van der Waals surface area (Å²) in [6.45, 7) is 15.3. The summed E-state index contributed by atoms with van der Waals surface area (Å²) >= 11 is 0. The van der Waals surface area contributed by atoms with Crippen molar-refractivity contribution in [3.05, 3.63) is 0 Å². The van der Waals surface area contributed by atoms with E-state index in [9.17, 15) is 72.5 Å². The quantitative estimate of drug-likeness (QED) is 0.205. The van der Waals surface area contributed by atoms with Gasteiger partial charge in [-0.25, -0.2) is 0 Å². The third-order valence-electron chi connectivity index (χ3n) is 8.12. The molecule has 1 saturated carbocycles. The molecular formula is C28H42F12O6. The zero-order chi connectivity index (χ0) is 37.3. The van der Waals surface area contributed by atoms with Crippen molar-refractivity contribution >= 4 is 11.9 Å². The first-order chi connectivity index (χ1) is 20.0. The van der Waals surface area contributed by atoms with E-state index in [0.29, 0.717) is 0 Å². The highest BCUT2D eigenvalue weighted by atomic mass is 19.4. The van der Waals surface area contributed by atoms with E-state index in [1.165, 1.54) is 20.8 Å². The van der Waals surface area contributed by atoms with Crippen LogP contribution in [0.4, 0.5) is 52.7 Å². The number of esters is 2. The molecule has 0 radical (unpaired) electrons. The topological polar surface area (TPSA) is 93.1 Å². The van der Waals surface area contributed by atoms with Crippen LogP contribution in [0, 0.1) is 22.7 Å². The first kappa shape index (κ1) is 44.0. The zero-order valence-corrected chi connectivity index (χ0v) is 26.8. The molecule has 2 N–H and O–H groups in total. The van der Waals surface area contributed by atoms with Gasteiger partial charge in [0.25, 0.3) is 11.2 Å². The number of rotatable bonds is 7. The number of ether oxygens (including phenoxy) is 2. The third-order valence-corrected chi connectivity index (χ3v) is 8.12. The molecule has 1 fully saturated rings. The Balaban J connectivity index is 0.00000142. The number of halogens is 12. The zero-order valence-electron chi connectivity index (χ0n) is 26.8. The van der Waals surface area contributed by atoms with Crippen LogP contribution in [-0.2, 0) is 19.1 Å². The summed E-state index contributed by atoms with van der Waals surface area (Å²) in [5.74, 6) is -8.17. The van der Waals surface area contributed by atoms with Crippen LogP contribution in [0.15, 0.2) is 0 Å². The van der Waals surface area contributed by atoms with Crippen LogP contribution in [0.3, 0.4) is 0 Å². The first-order valence-electron chi connectivity index (χ1n) is 14.1. The Morgan fingerprint density at radius 1 is 0.565 bits per heavy atom. The number of hydrogen-bond donors (Lipinski definition) is 2. The van der Waals surface area contributed by atoms with Crippen molar-refractivity contribution in [1.29, 1.82) is 0 Å². The molecule has 2 unspecified atom stereocenters. The van der Waals surface area contributed by atoms with E-state index in [0.717, 1.165) is 6.42 Å². The SMILES string of the molecule is CCC(C)(C)C(=O)OC(C)(C)C.CCC(C)(C)C(=O)OC1CC(C(O)(C(F)(F)F)C(F)(F)F)CC(C(O)(C(F)(F)F)C(F)(F)F)C1. The minimum Gasteiger partial charge on any atom is -0.462 e. The smallest absolute Gasteiger partial charge is 0.426 e. The lowest BCUT2D eigenvalue weighted by Crippen LogP contribution is -2.67. The Hall–Kier alpha value is -1.98. The van der Waals surface area contributed by atoms with Crippen molar-refractivity contribution < 1.29 is 82.0 Å². The molecular weight excluding hydrogens is 660 g/mol. The highest BCUT2D eigenvalue weighted by Gasteiger charge is 2.78. The van der Waals surface area contributed by atoms with Gasteiger partial charge in [-0.1, -0.05) is 13.8 Å². The van der Waals surface area contributed by atoms with Gasteiger partial charge in [-0.05, 0) is 80.6 Å². The van der Waals surface area contributed by atoms with Gasteiger partial charge >= 0.3 is 36.6 Å². The maximum atomic E-state index is 13.3. The fourth-order valence-corrected chi connectivity index (χ4v) is 4.31. The fourth-order valence-electron chi connectivity index (χ4n) is 4.31. The fraction of sp³-hybridized carbons (Fsp3) is 0.929. The van der Waals surface area contributed by atoms with Gasteiger partial charge in [-0.2, -0.15) is 52.7 Å². The van der Waals surface area contributed by atoms with E-state index in [1.54, 1.807) is 0 Å². The summed E-state index contributed by atoms with van der Waals surface area (Å²) < 4.78 is 170. The number of alkyl halides is 12. The van der Waals surface area contributed by atoms with Crippen LogP contribution in [-0.4, -0.2) is 69.8 Å². The highest BCUT2D eigenvalue weighted by Crippen LogP contribution is 2.58. The van der Waals surface area contributed by atoms with Gasteiger partial charge in [0.15, 0.2) is 0 Å². The molecule has 0 spiro atoms. The lowest BCUT2D eigenvalue weighted by Gasteiger charge is -2.48.